The number of allylic oxidation sites excluding steroid dienone is 1. The van der Waals surface area contributed by atoms with Crippen LogP contribution in [-0.4, -0.2) is 31.9 Å². The van der Waals surface area contributed by atoms with Gasteiger partial charge >= 0.3 is 13.6 Å². The van der Waals surface area contributed by atoms with E-state index in [1.54, 1.807) is 6.92 Å². The summed E-state index contributed by atoms with van der Waals surface area (Å²) in [6.45, 7) is 2.90. The molecule has 6 nitrogen and oxygen atoms in total. The van der Waals surface area contributed by atoms with Gasteiger partial charge in [-0.25, -0.2) is 4.79 Å². The second-order valence-electron chi connectivity index (χ2n) is 2.52. The van der Waals surface area contributed by atoms with E-state index >= 15 is 0 Å². The molecule has 0 radical (unpaired) electrons. The van der Waals surface area contributed by atoms with Gasteiger partial charge in [-0.1, -0.05) is 0 Å². The lowest BCUT2D eigenvalue weighted by atomic mass is 10.5. The molecule has 0 aliphatic rings. The maximum Gasteiger partial charge on any atom is 0.371 e. The first-order valence-electron chi connectivity index (χ1n) is 4.22. The highest BCUT2D eigenvalue weighted by Gasteiger charge is 2.37. The molecule has 15 heavy (non-hydrogen) atoms. The van der Waals surface area contributed by atoms with Crippen LogP contribution in [0.15, 0.2) is 11.1 Å². The fourth-order valence-corrected chi connectivity index (χ4v) is 2.11. The highest BCUT2D eigenvalue weighted by molar-refractivity contribution is 7.59. The third kappa shape index (κ3) is 3.34. The maximum absolute atomic E-state index is 11.8. The minimum Gasteiger partial charge on any atom is -0.511 e. The Morgan fingerprint density at radius 1 is 1.33 bits per heavy atom. The molecule has 0 aromatic rings. The summed E-state index contributed by atoms with van der Waals surface area (Å²) in [4.78, 5) is 11.4. The number of hydrogen-bond acceptors (Lipinski definition) is 6. The molecule has 7 heteroatoms. The summed E-state index contributed by atoms with van der Waals surface area (Å²) in [5.74, 6) is -1.36. The predicted molar refractivity (Wildman–Crippen MR) is 53.6 cm³/mol. The van der Waals surface area contributed by atoms with Crippen molar-refractivity contribution in [3.8, 4) is 0 Å². The topological polar surface area (TPSA) is 82.1 Å². The molecule has 0 fully saturated rings. The first kappa shape index (κ1) is 14.2. The molecule has 0 bridgehead atoms. The summed E-state index contributed by atoms with van der Waals surface area (Å²) in [6.07, 6.45) is 0. The second-order valence-corrected chi connectivity index (χ2v) is 4.69. The van der Waals surface area contributed by atoms with Gasteiger partial charge in [0, 0.05) is 14.2 Å². The second kappa shape index (κ2) is 5.90. The zero-order valence-electron chi connectivity index (χ0n) is 9.14. The van der Waals surface area contributed by atoms with E-state index in [0.717, 1.165) is 14.2 Å². The van der Waals surface area contributed by atoms with Crippen LogP contribution in [0.2, 0.25) is 0 Å². The van der Waals surface area contributed by atoms with Gasteiger partial charge < -0.3 is 18.9 Å². The van der Waals surface area contributed by atoms with Crippen LogP contribution >= 0.6 is 7.60 Å². The lowest BCUT2D eigenvalue weighted by Crippen LogP contribution is -2.11. The molecule has 0 saturated heterocycles. The number of carbonyl (C=O) groups excluding carboxylic acids is 1. The van der Waals surface area contributed by atoms with Crippen molar-refractivity contribution in [2.75, 3.05) is 20.8 Å². The third-order valence-corrected chi connectivity index (χ3v) is 3.58. The summed E-state index contributed by atoms with van der Waals surface area (Å²) >= 11 is 0. The van der Waals surface area contributed by atoms with Crippen LogP contribution in [-0.2, 0) is 23.1 Å². The Labute approximate surface area is 88.4 Å². The van der Waals surface area contributed by atoms with Gasteiger partial charge in [-0.3, -0.25) is 4.57 Å². The van der Waals surface area contributed by atoms with Crippen LogP contribution in [0.5, 0.6) is 0 Å². The van der Waals surface area contributed by atoms with Crippen molar-refractivity contribution < 1.29 is 28.3 Å². The SMILES string of the molecule is CCOC(=O)/C(=C(\C)O)P(=O)(OC)OC. The molecule has 0 unspecified atom stereocenters. The van der Waals surface area contributed by atoms with E-state index in [4.69, 9.17) is 0 Å². The number of ether oxygens (including phenoxy) is 1. The summed E-state index contributed by atoms with van der Waals surface area (Å²) < 4.78 is 25.7. The van der Waals surface area contributed by atoms with E-state index in [1.165, 1.54) is 6.92 Å². The molecular weight excluding hydrogens is 223 g/mol. The average molecular weight is 238 g/mol. The Morgan fingerprint density at radius 2 is 1.80 bits per heavy atom. The van der Waals surface area contributed by atoms with Gasteiger partial charge in [-0.2, -0.15) is 0 Å². The minimum atomic E-state index is -3.78. The molecule has 0 atom stereocenters. The van der Waals surface area contributed by atoms with E-state index in [2.05, 4.69) is 13.8 Å². The number of carbonyl (C=O) groups is 1. The van der Waals surface area contributed by atoms with Crippen LogP contribution < -0.4 is 0 Å². The number of hydrogen-bond donors (Lipinski definition) is 1. The maximum atomic E-state index is 11.8. The Balaban J connectivity index is 5.27. The van der Waals surface area contributed by atoms with E-state index in [9.17, 15) is 14.5 Å². The highest BCUT2D eigenvalue weighted by Crippen LogP contribution is 2.55. The fourth-order valence-electron chi connectivity index (χ4n) is 0.914. The lowest BCUT2D eigenvalue weighted by molar-refractivity contribution is -0.138. The van der Waals surface area contributed by atoms with Crippen LogP contribution in [0.4, 0.5) is 0 Å². The molecule has 1 N–H and O–H groups in total. The van der Waals surface area contributed by atoms with Gasteiger partial charge in [0.1, 0.15) is 5.76 Å². The number of esters is 1. The molecule has 0 aliphatic carbocycles. The van der Waals surface area contributed by atoms with Crippen molar-refractivity contribution in [2.24, 2.45) is 0 Å². The summed E-state index contributed by atoms with van der Waals surface area (Å²) in [5.41, 5.74) is 0. The van der Waals surface area contributed by atoms with Gasteiger partial charge in [-0.05, 0) is 13.8 Å². The Kier molecular flexibility index (Phi) is 5.57. The Bertz CT molecular complexity index is 296. The average Bonchev–Trinajstić information content (AvgIpc) is 2.17. The largest absolute Gasteiger partial charge is 0.511 e. The first-order chi connectivity index (χ1) is 6.92. The monoisotopic (exact) mass is 238 g/mol. The van der Waals surface area contributed by atoms with Gasteiger partial charge in [0.2, 0.25) is 0 Å². The Hall–Kier alpha value is -0.840. The normalized spacial score (nSPS) is 13.3. The number of aliphatic hydroxyl groups excluding tert-OH is 1. The van der Waals surface area contributed by atoms with Gasteiger partial charge in [0.05, 0.1) is 6.61 Å². The number of aliphatic hydroxyl groups is 1. The van der Waals surface area contributed by atoms with Crippen molar-refractivity contribution in [1.82, 2.24) is 0 Å². The van der Waals surface area contributed by atoms with Gasteiger partial charge in [0.25, 0.3) is 0 Å². The fraction of sp³-hybridized carbons (Fsp3) is 0.625. The molecule has 0 spiro atoms. The first-order valence-corrected chi connectivity index (χ1v) is 5.76. The minimum absolute atomic E-state index is 0.100. The molecule has 0 aromatic heterocycles. The molecule has 0 rings (SSSR count). The van der Waals surface area contributed by atoms with Gasteiger partial charge in [-0.15, -0.1) is 0 Å². The quantitative estimate of drug-likeness (QED) is 0.340. The van der Waals surface area contributed by atoms with Crippen molar-refractivity contribution in [2.45, 2.75) is 13.8 Å². The van der Waals surface area contributed by atoms with Crippen molar-refractivity contribution in [3.63, 3.8) is 0 Å². The van der Waals surface area contributed by atoms with Crippen LogP contribution in [0.25, 0.3) is 0 Å². The van der Waals surface area contributed by atoms with Crippen molar-refractivity contribution >= 4 is 13.6 Å². The Morgan fingerprint density at radius 3 is 2.07 bits per heavy atom. The summed E-state index contributed by atoms with van der Waals surface area (Å²) in [6, 6.07) is 0. The highest BCUT2D eigenvalue weighted by atomic mass is 31.2. The summed E-state index contributed by atoms with van der Waals surface area (Å²) in [5, 5.41) is 8.78. The van der Waals surface area contributed by atoms with Crippen molar-refractivity contribution in [1.29, 1.82) is 0 Å². The van der Waals surface area contributed by atoms with Crippen LogP contribution in [0.1, 0.15) is 13.8 Å². The third-order valence-electron chi connectivity index (χ3n) is 1.57. The smallest absolute Gasteiger partial charge is 0.371 e. The van der Waals surface area contributed by atoms with E-state index in [0.29, 0.717) is 0 Å². The molecule has 0 heterocycles. The van der Waals surface area contributed by atoms with Crippen molar-refractivity contribution in [3.05, 3.63) is 11.1 Å². The molecule has 0 aliphatic heterocycles. The zero-order chi connectivity index (χ0) is 12.1. The predicted octanol–water partition coefficient (Wildman–Crippen LogP) is 1.82. The van der Waals surface area contributed by atoms with Crippen LogP contribution in [0.3, 0.4) is 0 Å². The standard InChI is InChI=1S/C8H15O6P/c1-5-14-8(10)7(6(2)9)15(11,12-3)13-4/h9H,5H2,1-4H3/b7-6-. The summed E-state index contributed by atoms with van der Waals surface area (Å²) in [7, 11) is -1.54. The lowest BCUT2D eigenvalue weighted by Gasteiger charge is -2.16. The zero-order valence-corrected chi connectivity index (χ0v) is 10.0. The molecule has 0 aromatic carbocycles. The molecule has 0 amide bonds. The van der Waals surface area contributed by atoms with E-state index in [1.807, 2.05) is 0 Å². The van der Waals surface area contributed by atoms with Crippen LogP contribution in [0, 0.1) is 0 Å². The van der Waals surface area contributed by atoms with Gasteiger partial charge in [0.15, 0.2) is 5.31 Å². The van der Waals surface area contributed by atoms with E-state index < -0.39 is 24.6 Å². The van der Waals surface area contributed by atoms with E-state index in [-0.39, 0.29) is 6.61 Å². The molecule has 0 saturated carbocycles. The molecule has 88 valence electrons. The number of rotatable bonds is 5. The molecular formula is C8H15O6P.